The van der Waals surface area contributed by atoms with Crippen LogP contribution in [0.15, 0.2) is 59.4 Å². The second-order valence-electron chi connectivity index (χ2n) is 21.2. The number of fused-ring (bicyclic) bond motifs is 5. The number of likely N-dealkylation sites (N-methyl/N-ethyl adjacent to an activating group) is 1. The lowest BCUT2D eigenvalue weighted by Crippen LogP contribution is -2.63. The summed E-state index contributed by atoms with van der Waals surface area (Å²) in [6, 6.07) is 6.01. The lowest BCUT2D eigenvalue weighted by molar-refractivity contribution is -0.197. The van der Waals surface area contributed by atoms with Crippen LogP contribution in [-0.2, 0) is 63.8 Å². The van der Waals surface area contributed by atoms with Crippen LogP contribution >= 0.6 is 33.2 Å². The number of halogens is 1. The maximum absolute atomic E-state index is 14.3. The van der Waals surface area contributed by atoms with E-state index in [4.69, 9.17) is 40.1 Å². The highest BCUT2D eigenvalue weighted by Gasteiger charge is 2.64. The number of amides is 6. The maximum Gasteiger partial charge on any atom is 0.409 e. The van der Waals surface area contributed by atoms with Crippen molar-refractivity contribution in [1.82, 2.24) is 25.7 Å². The van der Waals surface area contributed by atoms with Crippen LogP contribution in [0.25, 0.3) is 0 Å². The van der Waals surface area contributed by atoms with E-state index in [9.17, 15) is 43.5 Å². The average Bonchev–Trinajstić information content (AvgIpc) is 4.01. The third-order valence-electron chi connectivity index (χ3n) is 14.3. The molecule has 22 nitrogen and oxygen atoms in total. The molecule has 4 bridgehead atoms. The number of allylic oxidation sites excluding steroid dienone is 3. The SMILES string of the molecule is CO[C@@H]1/C=C/C=C(\C)Cc2cc(C)c(Cl)c(c2)N(C)C(=O)C[C@H](OC(=O)[C@H](C)N(C)C(=O)CCSSC(C)(C)CC(=O)N/N=C(/C)c2ccc(OCCCC(=O)ON3C(=O)CCC3=O)nc2)[C@]2(C)O[C@H]2[C@H](C)[C@@H]2C[C@@]1(O)NC(=O)O2. The topological polar surface area (TPSA) is 274 Å². The Morgan fingerprint density at radius 3 is 2.49 bits per heavy atom. The van der Waals surface area contributed by atoms with Gasteiger partial charge in [0.2, 0.25) is 23.6 Å². The zero-order chi connectivity index (χ0) is 58.9. The van der Waals surface area contributed by atoms with Gasteiger partial charge in [-0.1, -0.05) is 70.0 Å². The highest BCUT2D eigenvalue weighted by Crippen LogP contribution is 2.49. The molecule has 0 radical (unpaired) electrons. The van der Waals surface area contributed by atoms with Crippen LogP contribution < -0.4 is 20.4 Å². The van der Waals surface area contributed by atoms with Gasteiger partial charge >= 0.3 is 18.0 Å². The molecular formula is C55H72ClN7O15S2. The Morgan fingerprint density at radius 2 is 1.81 bits per heavy atom. The Kier molecular flexibility index (Phi) is 21.4. The van der Waals surface area contributed by atoms with Gasteiger partial charge in [0.05, 0.1) is 42.0 Å². The number of anilines is 1. The second kappa shape index (κ2) is 27.1. The van der Waals surface area contributed by atoms with E-state index < -0.39 is 88.2 Å². The fourth-order valence-corrected chi connectivity index (χ4v) is 12.0. The monoisotopic (exact) mass is 1170 g/mol. The second-order valence-corrected chi connectivity index (χ2v) is 24.7. The molecule has 5 heterocycles. The number of hydroxylamine groups is 2. The van der Waals surface area contributed by atoms with E-state index in [0.717, 1.165) is 16.7 Å². The maximum atomic E-state index is 14.3. The van der Waals surface area contributed by atoms with Crippen molar-refractivity contribution in [3.63, 3.8) is 0 Å². The molecule has 0 saturated carbocycles. The highest BCUT2D eigenvalue weighted by atomic mass is 35.5. The molecule has 0 aliphatic carbocycles. The van der Waals surface area contributed by atoms with Crippen molar-refractivity contribution in [3.05, 3.63) is 76.0 Å². The fourth-order valence-electron chi connectivity index (χ4n) is 9.31. The molecule has 0 unspecified atom stereocenters. The number of alkyl carbamates (subject to hydrolysis) is 1. The molecule has 436 valence electrons. The Bertz CT molecular complexity index is 2760. The third kappa shape index (κ3) is 16.3. The number of hydrogen-bond acceptors (Lipinski definition) is 19. The minimum Gasteiger partial charge on any atom is -0.478 e. The Labute approximate surface area is 478 Å². The van der Waals surface area contributed by atoms with Gasteiger partial charge in [0.25, 0.3) is 11.8 Å². The van der Waals surface area contributed by atoms with E-state index in [-0.39, 0.29) is 75.7 Å². The van der Waals surface area contributed by atoms with Gasteiger partial charge < -0.3 is 43.4 Å². The molecule has 3 fully saturated rings. The number of esters is 1. The molecule has 25 heteroatoms. The lowest BCUT2D eigenvalue weighted by Gasteiger charge is -2.42. The first kappa shape index (κ1) is 63.1. The largest absolute Gasteiger partial charge is 0.478 e. The van der Waals surface area contributed by atoms with Gasteiger partial charge in [0.1, 0.15) is 30.0 Å². The molecule has 1 aromatic carbocycles. The molecule has 80 heavy (non-hydrogen) atoms. The number of aryl methyl sites for hydroxylation is 1. The van der Waals surface area contributed by atoms with Gasteiger partial charge in [-0.25, -0.2) is 24.8 Å². The third-order valence-corrected chi connectivity index (χ3v) is 18.0. The number of aliphatic hydroxyl groups is 1. The molecule has 4 aliphatic rings. The van der Waals surface area contributed by atoms with Crippen molar-refractivity contribution in [3.8, 4) is 5.88 Å². The van der Waals surface area contributed by atoms with Crippen molar-refractivity contribution >= 4 is 92.2 Å². The normalized spacial score (nSPS) is 26.0. The number of methoxy groups -OCH3 is 1. The van der Waals surface area contributed by atoms with Crippen molar-refractivity contribution in [2.24, 2.45) is 11.0 Å². The van der Waals surface area contributed by atoms with E-state index in [2.05, 4.69) is 20.8 Å². The van der Waals surface area contributed by atoms with Crippen molar-refractivity contribution in [1.29, 1.82) is 0 Å². The molecular weight excluding hydrogens is 1100 g/mol. The van der Waals surface area contributed by atoms with E-state index in [0.29, 0.717) is 39.2 Å². The standard InChI is InChI=1S/C55H72ClN7O15S2/c1-31-14-12-15-40(73-11)55(72)28-39(75-52(71)58-55)33(3)50-54(8,77-50)41(27-47(68)62(10)38-26-36(24-31)25-32(2)49(38)56)76-51(70)35(5)61(9)44(65)21-23-79-80-53(6,7)29-42(64)60-59-34(4)37-17-18-43(57-30-37)74-22-13-16-48(69)78-63-45(66)19-20-46(63)67/h12,14-15,17-18,25-26,30,33,35,39-41,50,72H,13,16,19-24,27-29H2,1-11H3,(H,58,71)(H,60,64)/b15-12+,31-14+,59-34-/t33-,35+,39+,40-,41+,50+,54+,55+/m1/s1. The van der Waals surface area contributed by atoms with Crippen LogP contribution in [0.1, 0.15) is 117 Å². The van der Waals surface area contributed by atoms with Crippen LogP contribution in [0.2, 0.25) is 5.02 Å². The number of hydrazone groups is 1. The first-order chi connectivity index (χ1) is 37.6. The highest BCUT2D eigenvalue weighted by molar-refractivity contribution is 8.77. The molecule has 3 N–H and O–H groups in total. The predicted octanol–water partition coefficient (Wildman–Crippen LogP) is 6.46. The minimum atomic E-state index is -1.86. The number of benzene rings is 1. The van der Waals surface area contributed by atoms with Gasteiger partial charge in [0.15, 0.2) is 5.72 Å². The number of nitrogens with one attached hydrogen (secondary N) is 2. The number of epoxide rings is 1. The summed E-state index contributed by atoms with van der Waals surface area (Å²) in [4.78, 5) is 115. The van der Waals surface area contributed by atoms with Crippen LogP contribution in [0.3, 0.4) is 0 Å². The minimum absolute atomic E-state index is 0.0128. The van der Waals surface area contributed by atoms with Crippen LogP contribution in [0.5, 0.6) is 5.88 Å². The molecule has 6 amide bonds. The average molecular weight is 1170 g/mol. The summed E-state index contributed by atoms with van der Waals surface area (Å²) in [5, 5.41) is 19.5. The zero-order valence-electron chi connectivity index (χ0n) is 47.0. The smallest absolute Gasteiger partial charge is 0.409 e. The number of ether oxygens (including phenoxy) is 5. The number of hydrogen-bond donors (Lipinski definition) is 3. The van der Waals surface area contributed by atoms with Gasteiger partial charge in [-0.05, 0) is 84.6 Å². The Balaban J connectivity index is 1.01. The summed E-state index contributed by atoms with van der Waals surface area (Å²) in [6.07, 6.45) is 2.62. The summed E-state index contributed by atoms with van der Waals surface area (Å²) in [5.41, 5.74) is 3.58. The van der Waals surface area contributed by atoms with Gasteiger partial charge in [-0.3, -0.25) is 29.3 Å². The first-order valence-corrected chi connectivity index (χ1v) is 28.9. The van der Waals surface area contributed by atoms with E-state index >= 15 is 0 Å². The molecule has 1 aromatic heterocycles. The van der Waals surface area contributed by atoms with Crippen LogP contribution in [-0.4, -0.2) is 153 Å². The number of carbonyl (C=O) groups is 8. The summed E-state index contributed by atoms with van der Waals surface area (Å²) >= 11 is 6.84. The Morgan fingerprint density at radius 1 is 1.10 bits per heavy atom. The molecule has 2 aromatic rings. The Hall–Kier alpha value is -6.05. The van der Waals surface area contributed by atoms with E-state index in [1.165, 1.54) is 58.7 Å². The van der Waals surface area contributed by atoms with Gasteiger partial charge in [-0.15, -0.1) is 5.06 Å². The van der Waals surface area contributed by atoms with Crippen molar-refractivity contribution in [2.75, 3.05) is 38.5 Å². The number of nitrogens with zero attached hydrogens (tertiary/aromatic N) is 5. The van der Waals surface area contributed by atoms with Crippen LogP contribution in [0, 0.1) is 12.8 Å². The van der Waals surface area contributed by atoms with Crippen LogP contribution in [0.4, 0.5) is 10.5 Å². The summed E-state index contributed by atoms with van der Waals surface area (Å²) in [6.45, 7) is 14.4. The molecule has 8 atom stereocenters. The van der Waals surface area contributed by atoms with E-state index in [1.54, 1.807) is 52.1 Å². The van der Waals surface area contributed by atoms with E-state index in [1.807, 2.05) is 45.9 Å². The number of pyridine rings is 1. The summed E-state index contributed by atoms with van der Waals surface area (Å²) in [7, 11) is 7.34. The number of rotatable bonds is 19. The fraction of sp³-hybridized carbons (Fsp3) is 0.564. The number of imide groups is 1. The van der Waals surface area contributed by atoms with Crippen molar-refractivity contribution < 1.29 is 72.0 Å². The summed E-state index contributed by atoms with van der Waals surface area (Å²) in [5.74, 6) is -3.65. The van der Waals surface area contributed by atoms with Gasteiger partial charge in [0, 0.05) is 87.6 Å². The molecule has 6 rings (SSSR count). The van der Waals surface area contributed by atoms with Crippen molar-refractivity contribution in [2.45, 2.75) is 160 Å². The molecule has 0 spiro atoms. The number of aromatic nitrogens is 1. The predicted molar refractivity (Wildman–Crippen MR) is 299 cm³/mol. The first-order valence-electron chi connectivity index (χ1n) is 26.2. The zero-order valence-corrected chi connectivity index (χ0v) is 49.3. The molecule has 4 aliphatic heterocycles. The van der Waals surface area contributed by atoms with Gasteiger partial charge in [-0.2, -0.15) is 5.10 Å². The molecule has 3 saturated heterocycles. The summed E-state index contributed by atoms with van der Waals surface area (Å²) < 4.78 is 28.9. The quantitative estimate of drug-likeness (QED) is 0.0259. The number of carbonyl (C=O) groups excluding carboxylic acids is 8. The lowest BCUT2D eigenvalue weighted by atomic mass is 9.83.